The fraction of sp³-hybridized carbons (Fsp3) is 0.188. The van der Waals surface area contributed by atoms with Gasteiger partial charge in [-0.3, -0.25) is 0 Å². The van der Waals surface area contributed by atoms with Crippen LogP contribution in [-0.4, -0.2) is 24.5 Å². The summed E-state index contributed by atoms with van der Waals surface area (Å²) in [5.41, 5.74) is 1.94. The minimum Gasteiger partial charge on any atom is -0.331 e. The van der Waals surface area contributed by atoms with Gasteiger partial charge < -0.3 is 4.57 Å². The lowest BCUT2D eigenvalue weighted by atomic mass is 10.3. The number of fused-ring (bicyclic) bond motifs is 1. The van der Waals surface area contributed by atoms with E-state index in [1.54, 1.807) is 12.4 Å². The van der Waals surface area contributed by atoms with Crippen LogP contribution in [0.5, 0.6) is 0 Å². The summed E-state index contributed by atoms with van der Waals surface area (Å²) in [5.74, 6) is 0. The van der Waals surface area contributed by atoms with E-state index in [0.717, 1.165) is 11.0 Å². The lowest BCUT2D eigenvalue weighted by Crippen LogP contribution is -2.26. The third-order valence-corrected chi connectivity index (χ3v) is 6.00. The van der Waals surface area contributed by atoms with Gasteiger partial charge in [-0.2, -0.15) is 0 Å². The number of hydrogen-bond acceptors (Lipinski definition) is 3. The van der Waals surface area contributed by atoms with Gasteiger partial charge in [0.2, 0.25) is 10.0 Å². The van der Waals surface area contributed by atoms with Crippen LogP contribution in [0.4, 0.5) is 0 Å². The van der Waals surface area contributed by atoms with Gasteiger partial charge in [-0.25, -0.2) is 18.1 Å². The average molecular weight is 384 g/mol. The zero-order chi connectivity index (χ0) is 17.2. The highest BCUT2D eigenvalue weighted by Crippen LogP contribution is 2.28. The van der Waals surface area contributed by atoms with Crippen molar-refractivity contribution in [2.45, 2.75) is 17.9 Å². The summed E-state index contributed by atoms with van der Waals surface area (Å²) in [6, 6.07) is 12.4. The molecule has 24 heavy (non-hydrogen) atoms. The predicted molar refractivity (Wildman–Crippen MR) is 96.0 cm³/mol. The van der Waals surface area contributed by atoms with Gasteiger partial charge in [0.1, 0.15) is 4.90 Å². The lowest BCUT2D eigenvalue weighted by molar-refractivity contribution is 0.572. The Labute approximate surface area is 150 Å². The first-order chi connectivity index (χ1) is 11.5. The second-order valence-corrected chi connectivity index (χ2v) is 7.75. The molecule has 0 aliphatic carbocycles. The highest BCUT2D eigenvalue weighted by atomic mass is 35.5. The molecule has 0 aliphatic rings. The Balaban J connectivity index is 1.64. The molecule has 0 saturated heterocycles. The van der Waals surface area contributed by atoms with E-state index < -0.39 is 10.0 Å². The number of nitrogens with one attached hydrogen (secondary N) is 1. The van der Waals surface area contributed by atoms with E-state index in [1.807, 2.05) is 28.8 Å². The maximum absolute atomic E-state index is 12.3. The molecule has 2 aromatic carbocycles. The van der Waals surface area contributed by atoms with Gasteiger partial charge in [-0.15, -0.1) is 0 Å². The van der Waals surface area contributed by atoms with E-state index in [4.69, 9.17) is 23.2 Å². The van der Waals surface area contributed by atoms with Crippen molar-refractivity contribution in [1.29, 1.82) is 0 Å². The van der Waals surface area contributed by atoms with Crippen molar-refractivity contribution in [3.8, 4) is 0 Å². The Morgan fingerprint density at radius 1 is 1.04 bits per heavy atom. The second kappa shape index (κ2) is 7.11. The highest BCUT2D eigenvalue weighted by molar-refractivity contribution is 7.89. The molecule has 1 heterocycles. The summed E-state index contributed by atoms with van der Waals surface area (Å²) in [5, 5.41) is 0.214. The van der Waals surface area contributed by atoms with Crippen LogP contribution in [0.1, 0.15) is 6.42 Å². The molecular formula is C16H15Cl2N3O2S. The number of nitrogens with zero attached hydrogens (tertiary/aromatic N) is 2. The van der Waals surface area contributed by atoms with Crippen molar-refractivity contribution in [3.63, 3.8) is 0 Å². The largest absolute Gasteiger partial charge is 0.331 e. The summed E-state index contributed by atoms with van der Waals surface area (Å²) in [4.78, 5) is 4.22. The van der Waals surface area contributed by atoms with Crippen molar-refractivity contribution in [3.05, 3.63) is 58.8 Å². The monoisotopic (exact) mass is 383 g/mol. The van der Waals surface area contributed by atoms with Crippen LogP contribution < -0.4 is 4.72 Å². The van der Waals surface area contributed by atoms with Crippen LogP contribution in [-0.2, 0) is 16.6 Å². The third-order valence-electron chi connectivity index (χ3n) is 3.58. The molecular weight excluding hydrogens is 369 g/mol. The van der Waals surface area contributed by atoms with Gasteiger partial charge in [-0.1, -0.05) is 41.4 Å². The second-order valence-electron chi connectivity index (χ2n) is 5.23. The zero-order valence-electron chi connectivity index (χ0n) is 12.6. The molecule has 1 N–H and O–H groups in total. The molecule has 0 spiro atoms. The van der Waals surface area contributed by atoms with Crippen molar-refractivity contribution in [1.82, 2.24) is 14.3 Å². The standard InChI is InChI=1S/C16H15Cl2N3O2S/c17-12-5-3-6-13(18)16(12)24(22,23)20-9-4-10-21-11-19-14-7-1-2-8-15(14)21/h1-3,5-8,11,20H,4,9-10H2. The Morgan fingerprint density at radius 3 is 2.50 bits per heavy atom. The van der Waals surface area contributed by atoms with Gasteiger partial charge >= 0.3 is 0 Å². The molecule has 8 heteroatoms. The van der Waals surface area contributed by atoms with E-state index in [1.165, 1.54) is 12.1 Å². The van der Waals surface area contributed by atoms with Crippen molar-refractivity contribution in [2.24, 2.45) is 0 Å². The molecule has 5 nitrogen and oxygen atoms in total. The molecule has 0 aliphatic heterocycles. The molecule has 1 aromatic heterocycles. The maximum Gasteiger partial charge on any atom is 0.243 e. The molecule has 0 unspecified atom stereocenters. The number of hydrogen-bond donors (Lipinski definition) is 1. The molecule has 0 radical (unpaired) electrons. The Morgan fingerprint density at radius 2 is 1.75 bits per heavy atom. The van der Waals surface area contributed by atoms with Gasteiger partial charge in [0.25, 0.3) is 0 Å². The number of sulfonamides is 1. The Hall–Kier alpha value is -1.60. The summed E-state index contributed by atoms with van der Waals surface area (Å²) in [7, 11) is -3.74. The van der Waals surface area contributed by atoms with Crippen LogP contribution in [0.15, 0.2) is 53.7 Å². The molecule has 0 bridgehead atoms. The zero-order valence-corrected chi connectivity index (χ0v) is 14.9. The quantitative estimate of drug-likeness (QED) is 0.659. The summed E-state index contributed by atoms with van der Waals surface area (Å²) in [6.45, 7) is 0.926. The molecule has 0 saturated carbocycles. The molecule has 0 atom stereocenters. The van der Waals surface area contributed by atoms with Gasteiger partial charge in [0.15, 0.2) is 0 Å². The summed E-state index contributed by atoms with van der Waals surface area (Å²) in [6.07, 6.45) is 2.37. The van der Waals surface area contributed by atoms with Crippen LogP contribution >= 0.6 is 23.2 Å². The molecule has 126 valence electrons. The van der Waals surface area contributed by atoms with Crippen molar-refractivity contribution < 1.29 is 8.42 Å². The number of rotatable bonds is 6. The lowest BCUT2D eigenvalue weighted by Gasteiger charge is -2.10. The van der Waals surface area contributed by atoms with Crippen molar-refractivity contribution >= 4 is 44.3 Å². The van der Waals surface area contributed by atoms with Crippen LogP contribution in [0.25, 0.3) is 11.0 Å². The molecule has 3 aromatic rings. The number of para-hydroxylation sites is 2. The fourth-order valence-corrected chi connectivity index (χ4v) is 4.67. The van der Waals surface area contributed by atoms with Crippen LogP contribution in [0, 0.1) is 0 Å². The third kappa shape index (κ3) is 3.57. The number of aromatic nitrogens is 2. The first-order valence-corrected chi connectivity index (χ1v) is 9.56. The van der Waals surface area contributed by atoms with E-state index in [-0.39, 0.29) is 21.5 Å². The van der Waals surface area contributed by atoms with E-state index in [0.29, 0.717) is 13.0 Å². The van der Waals surface area contributed by atoms with Gasteiger partial charge in [-0.05, 0) is 30.7 Å². The Kier molecular flexibility index (Phi) is 5.10. The number of imidazole rings is 1. The number of benzene rings is 2. The normalized spacial score (nSPS) is 11.9. The van der Waals surface area contributed by atoms with E-state index >= 15 is 0 Å². The summed E-state index contributed by atoms with van der Waals surface area (Å²) >= 11 is 11.9. The first-order valence-electron chi connectivity index (χ1n) is 7.32. The van der Waals surface area contributed by atoms with Gasteiger partial charge in [0.05, 0.1) is 27.4 Å². The van der Waals surface area contributed by atoms with Gasteiger partial charge in [0, 0.05) is 13.1 Å². The fourth-order valence-electron chi connectivity index (χ4n) is 2.46. The molecule has 0 fully saturated rings. The minimum atomic E-state index is -3.74. The van der Waals surface area contributed by atoms with E-state index in [9.17, 15) is 8.42 Å². The van der Waals surface area contributed by atoms with E-state index in [2.05, 4.69) is 9.71 Å². The van der Waals surface area contributed by atoms with Crippen LogP contribution in [0.2, 0.25) is 10.0 Å². The number of halogens is 2. The topological polar surface area (TPSA) is 64.0 Å². The first kappa shape index (κ1) is 17.2. The number of aryl methyl sites for hydroxylation is 1. The van der Waals surface area contributed by atoms with Crippen molar-refractivity contribution in [2.75, 3.05) is 6.54 Å². The smallest absolute Gasteiger partial charge is 0.243 e. The summed E-state index contributed by atoms with van der Waals surface area (Å²) < 4.78 is 29.2. The molecule has 0 amide bonds. The maximum atomic E-state index is 12.3. The highest BCUT2D eigenvalue weighted by Gasteiger charge is 2.20. The van der Waals surface area contributed by atoms with Crippen LogP contribution in [0.3, 0.4) is 0 Å². The average Bonchev–Trinajstić information content (AvgIpc) is 2.94. The predicted octanol–water partition coefficient (Wildman–Crippen LogP) is 3.71. The SMILES string of the molecule is O=S(=O)(NCCCn1cnc2ccccc21)c1c(Cl)cccc1Cl. The minimum absolute atomic E-state index is 0.0820. The molecule has 3 rings (SSSR count). The Bertz CT molecular complexity index is 950.